The maximum absolute atomic E-state index is 12.2. The summed E-state index contributed by atoms with van der Waals surface area (Å²) in [7, 11) is 0. The van der Waals surface area contributed by atoms with Gasteiger partial charge in [-0.15, -0.1) is 0 Å². The Bertz CT molecular complexity index is 295. The molecule has 106 valence electrons. The van der Waals surface area contributed by atoms with Gasteiger partial charge in [-0.1, -0.05) is 13.8 Å². The maximum Gasteiger partial charge on any atom is 0.412 e. The molecule has 1 saturated heterocycles. The van der Waals surface area contributed by atoms with Crippen LogP contribution in [0.5, 0.6) is 0 Å². The van der Waals surface area contributed by atoms with Crippen LogP contribution in [-0.4, -0.2) is 41.5 Å². The third kappa shape index (κ3) is 3.14. The Balaban J connectivity index is 2.87. The molecule has 0 aromatic rings. The summed E-state index contributed by atoms with van der Waals surface area (Å²) in [4.78, 5) is 13.9. The van der Waals surface area contributed by atoms with Crippen LogP contribution in [0.2, 0.25) is 0 Å². The highest BCUT2D eigenvalue weighted by molar-refractivity contribution is 5.69. The van der Waals surface area contributed by atoms with E-state index in [1.165, 1.54) is 0 Å². The summed E-state index contributed by atoms with van der Waals surface area (Å²) in [6, 6.07) is 0. The van der Waals surface area contributed by atoms with Gasteiger partial charge < -0.3 is 15.2 Å². The first-order valence-electron chi connectivity index (χ1n) is 6.66. The van der Waals surface area contributed by atoms with Gasteiger partial charge in [-0.25, -0.2) is 4.79 Å². The van der Waals surface area contributed by atoms with Gasteiger partial charge in [0, 0.05) is 6.54 Å². The minimum atomic E-state index is -0.563. The van der Waals surface area contributed by atoms with Gasteiger partial charge in [-0.2, -0.15) is 0 Å². The summed E-state index contributed by atoms with van der Waals surface area (Å²) in [5, 5.41) is 0. The van der Waals surface area contributed by atoms with Gasteiger partial charge in [-0.3, -0.25) is 4.90 Å². The maximum atomic E-state index is 12.2. The van der Waals surface area contributed by atoms with E-state index in [0.717, 1.165) is 12.8 Å². The molecule has 1 amide bonds. The lowest BCUT2D eigenvalue weighted by Gasteiger charge is -2.36. The van der Waals surface area contributed by atoms with Crippen molar-refractivity contribution in [1.82, 2.24) is 4.90 Å². The van der Waals surface area contributed by atoms with Crippen LogP contribution >= 0.6 is 0 Å². The van der Waals surface area contributed by atoms with Crippen LogP contribution in [0.1, 0.15) is 47.5 Å². The second-order valence-corrected chi connectivity index (χ2v) is 5.72. The molecule has 5 heteroatoms. The SMILES string of the molecule is CCC1(CC)OC(CN)CN1C(=O)OC(C)(C)C. The molecule has 2 N–H and O–H groups in total. The molecule has 1 atom stereocenters. The quantitative estimate of drug-likeness (QED) is 0.842. The fourth-order valence-electron chi connectivity index (χ4n) is 2.26. The summed E-state index contributed by atoms with van der Waals surface area (Å²) >= 11 is 0. The van der Waals surface area contributed by atoms with Crippen LogP contribution in [-0.2, 0) is 9.47 Å². The van der Waals surface area contributed by atoms with Gasteiger partial charge in [0.15, 0.2) is 0 Å². The molecular formula is C13H26N2O3. The fourth-order valence-corrected chi connectivity index (χ4v) is 2.26. The molecule has 0 saturated carbocycles. The second-order valence-electron chi connectivity index (χ2n) is 5.72. The predicted octanol–water partition coefficient (Wildman–Crippen LogP) is 2.10. The molecular weight excluding hydrogens is 232 g/mol. The standard InChI is InChI=1S/C13H26N2O3/c1-6-13(7-2)15(9-10(8-14)17-13)11(16)18-12(3,4)5/h10H,6-9,14H2,1-5H3. The zero-order chi connectivity index (χ0) is 14.0. The van der Waals surface area contributed by atoms with Gasteiger partial charge in [-0.05, 0) is 33.6 Å². The van der Waals surface area contributed by atoms with E-state index < -0.39 is 11.3 Å². The molecule has 0 aromatic carbocycles. The topological polar surface area (TPSA) is 64.8 Å². The molecule has 0 spiro atoms. The number of amides is 1. The highest BCUT2D eigenvalue weighted by atomic mass is 16.6. The molecule has 1 fully saturated rings. The first-order chi connectivity index (χ1) is 8.28. The highest BCUT2D eigenvalue weighted by Gasteiger charge is 2.47. The van der Waals surface area contributed by atoms with Crippen molar-refractivity contribution in [3.63, 3.8) is 0 Å². The van der Waals surface area contributed by atoms with Crippen molar-refractivity contribution in [1.29, 1.82) is 0 Å². The van der Waals surface area contributed by atoms with Gasteiger partial charge in [0.25, 0.3) is 0 Å². The van der Waals surface area contributed by atoms with Crippen molar-refractivity contribution in [3.05, 3.63) is 0 Å². The Morgan fingerprint density at radius 2 is 2.00 bits per heavy atom. The Labute approximate surface area is 110 Å². The van der Waals surface area contributed by atoms with E-state index in [2.05, 4.69) is 0 Å². The summed E-state index contributed by atoms with van der Waals surface area (Å²) in [6.45, 7) is 10.5. The van der Waals surface area contributed by atoms with Crippen molar-refractivity contribution in [2.24, 2.45) is 5.73 Å². The first-order valence-corrected chi connectivity index (χ1v) is 6.66. The van der Waals surface area contributed by atoms with E-state index in [4.69, 9.17) is 15.2 Å². The van der Waals surface area contributed by atoms with Crippen molar-refractivity contribution in [2.45, 2.75) is 64.9 Å². The Kier molecular flexibility index (Phi) is 4.61. The zero-order valence-corrected chi connectivity index (χ0v) is 12.2. The van der Waals surface area contributed by atoms with Crippen LogP contribution in [0.3, 0.4) is 0 Å². The summed E-state index contributed by atoms with van der Waals surface area (Å²) in [6.07, 6.45) is 1.05. The molecule has 5 nitrogen and oxygen atoms in total. The lowest BCUT2D eigenvalue weighted by Crippen LogP contribution is -2.49. The summed E-state index contributed by atoms with van der Waals surface area (Å²) in [5.74, 6) is 0. The largest absolute Gasteiger partial charge is 0.444 e. The molecule has 1 aliphatic rings. The number of carbonyl (C=O) groups is 1. The monoisotopic (exact) mass is 258 g/mol. The average Bonchev–Trinajstić information content (AvgIpc) is 2.66. The number of hydrogen-bond donors (Lipinski definition) is 1. The average molecular weight is 258 g/mol. The third-order valence-corrected chi connectivity index (χ3v) is 3.25. The van der Waals surface area contributed by atoms with Crippen molar-refractivity contribution in [3.8, 4) is 0 Å². The Hall–Kier alpha value is -0.810. The number of nitrogens with zero attached hydrogens (tertiary/aromatic N) is 1. The molecule has 0 bridgehead atoms. The van der Waals surface area contributed by atoms with Gasteiger partial charge >= 0.3 is 6.09 Å². The van der Waals surface area contributed by atoms with Crippen LogP contribution in [0.25, 0.3) is 0 Å². The Morgan fingerprint density at radius 3 is 2.39 bits per heavy atom. The number of carbonyl (C=O) groups excluding carboxylic acids is 1. The van der Waals surface area contributed by atoms with Crippen LogP contribution in [0, 0.1) is 0 Å². The fraction of sp³-hybridized carbons (Fsp3) is 0.923. The van der Waals surface area contributed by atoms with E-state index >= 15 is 0 Å². The zero-order valence-electron chi connectivity index (χ0n) is 12.2. The molecule has 1 aliphatic heterocycles. The number of nitrogens with two attached hydrogens (primary N) is 1. The number of ether oxygens (including phenoxy) is 2. The van der Waals surface area contributed by atoms with E-state index in [1.54, 1.807) is 4.90 Å². The lowest BCUT2D eigenvalue weighted by atomic mass is 10.1. The first kappa shape index (κ1) is 15.2. The van der Waals surface area contributed by atoms with E-state index in [-0.39, 0.29) is 12.2 Å². The summed E-state index contributed by atoms with van der Waals surface area (Å²) in [5.41, 5.74) is 4.59. The molecule has 1 rings (SSSR count). The van der Waals surface area contributed by atoms with Crippen molar-refractivity contribution < 1.29 is 14.3 Å². The van der Waals surface area contributed by atoms with Crippen LogP contribution < -0.4 is 5.73 Å². The van der Waals surface area contributed by atoms with Crippen LogP contribution in [0.4, 0.5) is 4.79 Å². The molecule has 1 heterocycles. The molecule has 0 aromatic heterocycles. The summed E-state index contributed by atoms with van der Waals surface area (Å²) < 4.78 is 11.4. The molecule has 0 aliphatic carbocycles. The van der Waals surface area contributed by atoms with Crippen molar-refractivity contribution >= 4 is 6.09 Å². The van der Waals surface area contributed by atoms with Gasteiger partial charge in [0.2, 0.25) is 0 Å². The molecule has 1 unspecified atom stereocenters. The van der Waals surface area contributed by atoms with Crippen molar-refractivity contribution in [2.75, 3.05) is 13.1 Å². The number of hydrogen-bond acceptors (Lipinski definition) is 4. The molecule has 18 heavy (non-hydrogen) atoms. The van der Waals surface area contributed by atoms with E-state index in [1.807, 2.05) is 34.6 Å². The molecule has 0 radical (unpaired) electrons. The smallest absolute Gasteiger partial charge is 0.412 e. The second kappa shape index (κ2) is 5.45. The van der Waals surface area contributed by atoms with E-state index in [0.29, 0.717) is 13.1 Å². The van der Waals surface area contributed by atoms with Gasteiger partial charge in [0.05, 0.1) is 12.6 Å². The predicted molar refractivity (Wildman–Crippen MR) is 70.2 cm³/mol. The minimum absolute atomic E-state index is 0.0996. The highest BCUT2D eigenvalue weighted by Crippen LogP contribution is 2.34. The van der Waals surface area contributed by atoms with Crippen LogP contribution in [0.15, 0.2) is 0 Å². The number of rotatable bonds is 3. The third-order valence-electron chi connectivity index (χ3n) is 3.25. The normalized spacial score (nSPS) is 23.2. The minimum Gasteiger partial charge on any atom is -0.444 e. The van der Waals surface area contributed by atoms with Gasteiger partial charge in [0.1, 0.15) is 11.3 Å². The Morgan fingerprint density at radius 1 is 1.44 bits per heavy atom. The lowest BCUT2D eigenvalue weighted by molar-refractivity contribution is -0.106. The van der Waals surface area contributed by atoms with E-state index in [9.17, 15) is 4.79 Å².